The van der Waals surface area contributed by atoms with Crippen molar-refractivity contribution in [2.24, 2.45) is 0 Å². The number of amides is 3. The molecule has 0 aliphatic carbocycles. The van der Waals surface area contributed by atoms with Crippen LogP contribution in [0.5, 0.6) is 17.2 Å². The number of nitrogens with zero attached hydrogens (tertiary/aromatic N) is 1. The van der Waals surface area contributed by atoms with Gasteiger partial charge in [0.15, 0.2) is 11.5 Å². The number of ether oxygens (including phenoxy) is 3. The van der Waals surface area contributed by atoms with Crippen molar-refractivity contribution in [2.45, 2.75) is 0 Å². The monoisotopic (exact) mass is 348 g/mol. The average molecular weight is 349 g/mol. The van der Waals surface area contributed by atoms with E-state index >= 15 is 0 Å². The number of anilines is 2. The maximum absolute atomic E-state index is 12.3. The molecule has 0 unspecified atom stereocenters. The van der Waals surface area contributed by atoms with E-state index in [2.05, 4.69) is 5.32 Å². The summed E-state index contributed by atoms with van der Waals surface area (Å²) in [7, 11) is 1.48. The van der Waals surface area contributed by atoms with Crippen LogP contribution in [-0.4, -0.2) is 26.3 Å². The third-order valence-corrected chi connectivity index (χ3v) is 3.66. The number of nitrogens with one attached hydrogen (secondary N) is 1. The molecule has 0 atom stereocenters. The molecule has 7 nitrogen and oxygen atoms in total. The fourth-order valence-corrected chi connectivity index (χ4v) is 2.44. The third-order valence-electron chi connectivity index (χ3n) is 3.36. The molecule has 1 N–H and O–H groups in total. The number of methoxy groups -OCH3 is 1. The molecule has 1 aliphatic heterocycles. The first-order chi connectivity index (χ1) is 11.6. The molecule has 0 radical (unpaired) electrons. The van der Waals surface area contributed by atoms with Crippen LogP contribution in [0.25, 0.3) is 0 Å². The molecule has 124 valence electrons. The van der Waals surface area contributed by atoms with Crippen LogP contribution in [0.4, 0.5) is 16.2 Å². The molecule has 2 aromatic rings. The number of carbonyl (C=O) groups excluding carboxylic acids is 2. The number of rotatable bonds is 4. The van der Waals surface area contributed by atoms with E-state index in [4.69, 9.17) is 25.8 Å². The summed E-state index contributed by atoms with van der Waals surface area (Å²) in [6.07, 6.45) is 0.403. The molecule has 24 heavy (non-hydrogen) atoms. The predicted molar refractivity (Wildman–Crippen MR) is 88.1 cm³/mol. The summed E-state index contributed by atoms with van der Waals surface area (Å²) in [4.78, 5) is 24.6. The topological polar surface area (TPSA) is 77.1 Å². The zero-order valence-electron chi connectivity index (χ0n) is 12.6. The van der Waals surface area contributed by atoms with Crippen LogP contribution >= 0.6 is 11.6 Å². The Labute approximate surface area is 142 Å². The highest BCUT2D eigenvalue weighted by Gasteiger charge is 2.19. The van der Waals surface area contributed by atoms with Gasteiger partial charge in [0, 0.05) is 11.8 Å². The first-order valence-corrected chi connectivity index (χ1v) is 7.29. The van der Waals surface area contributed by atoms with Crippen LogP contribution < -0.4 is 24.4 Å². The summed E-state index contributed by atoms with van der Waals surface area (Å²) >= 11 is 6.03. The predicted octanol–water partition coefficient (Wildman–Crippen LogP) is 3.27. The highest BCUT2D eigenvalue weighted by Crippen LogP contribution is 2.34. The van der Waals surface area contributed by atoms with Crippen LogP contribution in [0.15, 0.2) is 36.4 Å². The van der Waals surface area contributed by atoms with Crippen molar-refractivity contribution in [3.63, 3.8) is 0 Å². The van der Waals surface area contributed by atoms with E-state index in [0.717, 1.165) is 4.90 Å². The van der Waals surface area contributed by atoms with Gasteiger partial charge in [-0.15, -0.1) is 0 Å². The van der Waals surface area contributed by atoms with Crippen LogP contribution in [0.3, 0.4) is 0 Å². The Balaban J connectivity index is 1.79. The second-order valence-electron chi connectivity index (χ2n) is 4.79. The number of imide groups is 1. The molecular formula is C16H13ClN2O5. The second kappa shape index (κ2) is 6.67. The number of hydrogen-bond acceptors (Lipinski definition) is 5. The van der Waals surface area contributed by atoms with Gasteiger partial charge >= 0.3 is 6.03 Å². The molecule has 0 fully saturated rings. The Hall–Kier alpha value is -2.93. The summed E-state index contributed by atoms with van der Waals surface area (Å²) in [5.41, 5.74) is 0.782. The van der Waals surface area contributed by atoms with E-state index in [0.29, 0.717) is 35.0 Å². The molecule has 0 saturated heterocycles. The largest absolute Gasteiger partial charge is 0.495 e. The highest BCUT2D eigenvalue weighted by molar-refractivity contribution is 6.32. The van der Waals surface area contributed by atoms with Gasteiger partial charge in [-0.25, -0.2) is 9.69 Å². The summed E-state index contributed by atoms with van der Waals surface area (Å²) < 4.78 is 15.5. The Bertz CT molecular complexity index is 796. The van der Waals surface area contributed by atoms with E-state index in [1.54, 1.807) is 30.3 Å². The Morgan fingerprint density at radius 1 is 1.25 bits per heavy atom. The number of urea groups is 1. The van der Waals surface area contributed by atoms with Crippen LogP contribution in [0.2, 0.25) is 5.02 Å². The third kappa shape index (κ3) is 3.07. The van der Waals surface area contributed by atoms with Crippen molar-refractivity contribution in [2.75, 3.05) is 24.1 Å². The van der Waals surface area contributed by atoms with Gasteiger partial charge in [0.05, 0.1) is 17.8 Å². The first-order valence-electron chi connectivity index (χ1n) is 6.91. The first kappa shape index (κ1) is 15.9. The molecule has 1 heterocycles. The summed E-state index contributed by atoms with van der Waals surface area (Å²) in [6, 6.07) is 8.90. The number of halogens is 1. The van der Waals surface area contributed by atoms with Gasteiger partial charge in [0.1, 0.15) is 5.75 Å². The molecule has 8 heteroatoms. The number of benzene rings is 2. The number of fused-ring (bicyclic) bond motifs is 1. The normalized spacial score (nSPS) is 11.8. The number of carbonyl (C=O) groups is 2. The molecule has 0 bridgehead atoms. The van der Waals surface area contributed by atoms with Crippen molar-refractivity contribution in [1.82, 2.24) is 0 Å². The van der Waals surface area contributed by atoms with Crippen LogP contribution in [0.1, 0.15) is 0 Å². The average Bonchev–Trinajstić information content (AvgIpc) is 3.03. The SMILES string of the molecule is COc1ccc(N(C=O)C(=O)Nc2ccc3c(c2)OCO3)cc1Cl. The summed E-state index contributed by atoms with van der Waals surface area (Å²) in [6.45, 7) is 0.136. The molecule has 0 aromatic heterocycles. The minimum atomic E-state index is -0.634. The summed E-state index contributed by atoms with van der Waals surface area (Å²) in [5, 5.41) is 2.90. The van der Waals surface area contributed by atoms with Crippen molar-refractivity contribution in [1.29, 1.82) is 0 Å². The zero-order valence-corrected chi connectivity index (χ0v) is 13.4. The maximum Gasteiger partial charge on any atom is 0.332 e. The molecule has 1 aliphatic rings. The van der Waals surface area contributed by atoms with E-state index in [9.17, 15) is 9.59 Å². The fourth-order valence-electron chi connectivity index (χ4n) is 2.19. The van der Waals surface area contributed by atoms with Crippen molar-refractivity contribution >= 4 is 35.4 Å². The lowest BCUT2D eigenvalue weighted by Crippen LogP contribution is -2.33. The van der Waals surface area contributed by atoms with Crippen LogP contribution in [-0.2, 0) is 4.79 Å². The van der Waals surface area contributed by atoms with Gasteiger partial charge in [0.2, 0.25) is 13.2 Å². The van der Waals surface area contributed by atoms with E-state index in [1.807, 2.05) is 0 Å². The molecule has 3 amide bonds. The lowest BCUT2D eigenvalue weighted by Gasteiger charge is -2.17. The Kier molecular flexibility index (Phi) is 4.43. The van der Waals surface area contributed by atoms with Crippen LogP contribution in [0, 0.1) is 0 Å². The fraction of sp³-hybridized carbons (Fsp3) is 0.125. The lowest BCUT2D eigenvalue weighted by molar-refractivity contribution is -0.106. The lowest BCUT2D eigenvalue weighted by atomic mass is 10.2. The maximum atomic E-state index is 12.3. The second-order valence-corrected chi connectivity index (χ2v) is 5.20. The standard InChI is InChI=1S/C16H13ClN2O5/c1-22-13-5-3-11(7-12(13)17)19(8-20)16(21)18-10-2-4-14-15(6-10)24-9-23-14/h2-8H,9H2,1H3,(H,18,21). The van der Waals surface area contributed by atoms with Crippen molar-refractivity contribution in [3.05, 3.63) is 41.4 Å². The van der Waals surface area contributed by atoms with Gasteiger partial charge in [-0.05, 0) is 30.3 Å². The van der Waals surface area contributed by atoms with E-state index in [-0.39, 0.29) is 11.8 Å². The highest BCUT2D eigenvalue weighted by atomic mass is 35.5. The molecular weight excluding hydrogens is 336 g/mol. The smallest absolute Gasteiger partial charge is 0.332 e. The Morgan fingerprint density at radius 2 is 2.04 bits per heavy atom. The van der Waals surface area contributed by atoms with Gasteiger partial charge in [-0.2, -0.15) is 0 Å². The van der Waals surface area contributed by atoms with Gasteiger partial charge in [-0.1, -0.05) is 11.6 Å². The van der Waals surface area contributed by atoms with Gasteiger partial charge < -0.3 is 19.5 Å². The zero-order chi connectivity index (χ0) is 17.1. The molecule has 0 saturated carbocycles. The van der Waals surface area contributed by atoms with E-state index < -0.39 is 6.03 Å². The van der Waals surface area contributed by atoms with E-state index in [1.165, 1.54) is 13.2 Å². The van der Waals surface area contributed by atoms with Crippen molar-refractivity contribution < 1.29 is 23.8 Å². The molecule has 3 rings (SSSR count). The van der Waals surface area contributed by atoms with Gasteiger partial charge in [-0.3, -0.25) is 4.79 Å². The molecule has 0 spiro atoms. The summed E-state index contributed by atoms with van der Waals surface area (Å²) in [5.74, 6) is 1.57. The Morgan fingerprint density at radius 3 is 2.75 bits per heavy atom. The quantitative estimate of drug-likeness (QED) is 0.858. The minimum Gasteiger partial charge on any atom is -0.495 e. The number of hydrogen-bond donors (Lipinski definition) is 1. The molecule has 2 aromatic carbocycles. The minimum absolute atomic E-state index is 0.136. The van der Waals surface area contributed by atoms with Crippen molar-refractivity contribution in [3.8, 4) is 17.2 Å². The van der Waals surface area contributed by atoms with Gasteiger partial charge in [0.25, 0.3) is 0 Å².